The summed E-state index contributed by atoms with van der Waals surface area (Å²) in [4.78, 5) is 115. The molecule has 1 aliphatic heterocycles. The molecule has 0 saturated carbocycles. The second-order valence-corrected chi connectivity index (χ2v) is 19.1. The number of nitrogens with one attached hydrogen (secondary N) is 4. The molecule has 0 aliphatic carbocycles. The number of anilines is 1. The average Bonchev–Trinajstić information content (AvgIpc) is 4.07. The minimum absolute atomic E-state index is 0.106. The molecular formula is C43H64N11O12PS. The van der Waals surface area contributed by atoms with Gasteiger partial charge in [0, 0.05) is 51.9 Å². The van der Waals surface area contributed by atoms with Crippen LogP contribution in [0.5, 0.6) is 0 Å². The van der Waals surface area contributed by atoms with E-state index in [-0.39, 0.29) is 24.7 Å². The molecule has 0 unspecified atom stereocenters. The first kappa shape index (κ1) is 54.8. The summed E-state index contributed by atoms with van der Waals surface area (Å²) in [6.45, 7) is 7.05. The fraction of sp³-hybridized carbons (Fsp3) is 0.558. The van der Waals surface area contributed by atoms with E-state index in [4.69, 9.17) is 10.6 Å². The Kier molecular flexibility index (Phi) is 21.5. The van der Waals surface area contributed by atoms with E-state index in [1.807, 2.05) is 39.1 Å². The Labute approximate surface area is 398 Å². The van der Waals surface area contributed by atoms with Gasteiger partial charge < -0.3 is 61.1 Å². The summed E-state index contributed by atoms with van der Waals surface area (Å²) in [5.74, 6) is -4.98. The number of carbonyl (C=O) groups excluding carboxylic acids is 6. The van der Waals surface area contributed by atoms with Crippen LogP contribution in [0.15, 0.2) is 54.2 Å². The largest absolute Gasteiger partial charge is 0.469 e. The number of nitrogens with zero attached hydrogens (tertiary/aromatic N) is 6. The average molecular weight is 990 g/mol. The third-order valence-corrected chi connectivity index (χ3v) is 12.5. The van der Waals surface area contributed by atoms with E-state index in [1.165, 1.54) is 34.9 Å². The molecule has 4 rings (SSSR count). The molecule has 1 saturated heterocycles. The van der Waals surface area contributed by atoms with Crippen molar-refractivity contribution in [3.63, 3.8) is 0 Å². The van der Waals surface area contributed by atoms with Gasteiger partial charge >= 0.3 is 7.82 Å². The number of amides is 6. The van der Waals surface area contributed by atoms with Crippen molar-refractivity contribution in [1.29, 1.82) is 0 Å². The third kappa shape index (κ3) is 17.7. The number of likely N-dealkylation sites (tertiary alicyclic amines) is 1. The number of hydrogen-bond acceptors (Lipinski definition) is 15. The molecule has 374 valence electrons. The van der Waals surface area contributed by atoms with Crippen molar-refractivity contribution in [2.24, 2.45) is 16.8 Å². The molecule has 1 fully saturated rings. The number of thiazole rings is 1. The number of aryl methyl sites for hydroxylation is 1. The van der Waals surface area contributed by atoms with Gasteiger partial charge in [-0.3, -0.25) is 33.3 Å². The quantitative estimate of drug-likeness (QED) is 0.0215. The molecule has 0 radical (unpaired) electrons. The molecule has 3 heterocycles. The summed E-state index contributed by atoms with van der Waals surface area (Å²) in [6.07, 6.45) is 7.89. The van der Waals surface area contributed by atoms with Gasteiger partial charge in [-0.2, -0.15) is 0 Å². The molecule has 1 aromatic carbocycles. The predicted octanol–water partition coefficient (Wildman–Crippen LogP) is 0.711. The normalized spacial score (nSPS) is 16.1. The van der Waals surface area contributed by atoms with E-state index in [0.717, 1.165) is 24.9 Å². The summed E-state index contributed by atoms with van der Waals surface area (Å²) >= 11 is 1.49. The zero-order valence-electron chi connectivity index (χ0n) is 38.9. The SMILES string of the molecule is CC(=O)N1CCC[C@H]1C(=O)N[C@@H](CC(C)C)C(=O)N[C@@H](Cc1cncn1CCCCCO/N=C/c1ncc(N(C)Cc2ccccc2)s1)C(=O)N[C@@H](CO)C(=O)N[C@H](C(N)=O)[C@@H](C)OP(=O)(O)O. The van der Waals surface area contributed by atoms with Crippen LogP contribution in [0.3, 0.4) is 0 Å². The number of carbonyl (C=O) groups is 6. The number of phosphoric ester groups is 1. The van der Waals surface area contributed by atoms with E-state index in [2.05, 4.69) is 57.9 Å². The number of phosphoric acid groups is 1. The van der Waals surface area contributed by atoms with Crippen molar-refractivity contribution >= 4 is 65.8 Å². The van der Waals surface area contributed by atoms with Gasteiger partial charge in [0.25, 0.3) is 0 Å². The maximum atomic E-state index is 14.1. The molecule has 0 bridgehead atoms. The smallest absolute Gasteiger partial charge is 0.396 e. The fourth-order valence-electron chi connectivity index (χ4n) is 7.43. The Morgan fingerprint density at radius 1 is 0.985 bits per heavy atom. The summed E-state index contributed by atoms with van der Waals surface area (Å²) in [6, 6.07) is 3.22. The Morgan fingerprint density at radius 3 is 2.34 bits per heavy atom. The number of benzene rings is 1. The van der Waals surface area contributed by atoms with Crippen LogP contribution in [0.4, 0.5) is 5.00 Å². The minimum Gasteiger partial charge on any atom is -0.396 e. The number of aliphatic hydroxyl groups excluding tert-OH is 1. The highest BCUT2D eigenvalue weighted by molar-refractivity contribution is 7.46. The predicted molar refractivity (Wildman–Crippen MR) is 250 cm³/mol. The van der Waals surface area contributed by atoms with Crippen LogP contribution >= 0.6 is 19.2 Å². The highest BCUT2D eigenvalue weighted by Gasteiger charge is 2.37. The second-order valence-electron chi connectivity index (χ2n) is 16.8. The minimum atomic E-state index is -5.13. The van der Waals surface area contributed by atoms with E-state index in [0.29, 0.717) is 56.1 Å². The van der Waals surface area contributed by atoms with Crippen LogP contribution < -0.4 is 31.9 Å². The van der Waals surface area contributed by atoms with Gasteiger partial charge in [0.1, 0.15) is 53.0 Å². The van der Waals surface area contributed by atoms with E-state index < -0.39 is 80.3 Å². The van der Waals surface area contributed by atoms with Crippen molar-refractivity contribution in [2.75, 3.05) is 31.7 Å². The first-order valence-corrected chi connectivity index (χ1v) is 24.6. The van der Waals surface area contributed by atoms with Crippen LogP contribution in [-0.2, 0) is 62.2 Å². The highest BCUT2D eigenvalue weighted by Crippen LogP contribution is 2.38. The molecular weight excluding hydrogens is 926 g/mol. The monoisotopic (exact) mass is 989 g/mol. The van der Waals surface area contributed by atoms with Gasteiger partial charge in [-0.25, -0.2) is 14.5 Å². The number of oxime groups is 1. The number of aromatic nitrogens is 3. The van der Waals surface area contributed by atoms with Crippen molar-refractivity contribution in [3.8, 4) is 0 Å². The van der Waals surface area contributed by atoms with Crippen LogP contribution in [0.2, 0.25) is 0 Å². The number of rotatable bonds is 28. The topological polar surface area (TPSA) is 322 Å². The Morgan fingerprint density at radius 2 is 1.68 bits per heavy atom. The number of imidazole rings is 1. The zero-order chi connectivity index (χ0) is 50.0. The number of hydrogen-bond donors (Lipinski definition) is 8. The molecule has 2 aromatic heterocycles. The molecule has 1 aliphatic rings. The van der Waals surface area contributed by atoms with Crippen molar-refractivity contribution in [2.45, 2.75) is 122 Å². The third-order valence-electron chi connectivity index (χ3n) is 10.9. The molecule has 23 nitrogen and oxygen atoms in total. The summed E-state index contributed by atoms with van der Waals surface area (Å²) in [7, 11) is -3.13. The molecule has 6 atom stereocenters. The van der Waals surface area contributed by atoms with Crippen LogP contribution in [0, 0.1) is 5.92 Å². The molecule has 68 heavy (non-hydrogen) atoms. The first-order chi connectivity index (χ1) is 32.3. The van der Waals surface area contributed by atoms with Crippen molar-refractivity contribution in [3.05, 3.63) is 65.3 Å². The Balaban J connectivity index is 1.41. The van der Waals surface area contributed by atoms with Gasteiger partial charge in [-0.1, -0.05) is 60.7 Å². The maximum absolute atomic E-state index is 14.1. The number of nitrogens with two attached hydrogens (primary N) is 1. The van der Waals surface area contributed by atoms with Crippen LogP contribution in [0.1, 0.15) is 82.5 Å². The van der Waals surface area contributed by atoms with Crippen molar-refractivity contribution in [1.82, 2.24) is 40.7 Å². The Hall–Kier alpha value is -5.78. The molecule has 6 amide bonds. The van der Waals surface area contributed by atoms with E-state index in [1.54, 1.807) is 23.3 Å². The van der Waals surface area contributed by atoms with Gasteiger partial charge in [0.15, 0.2) is 0 Å². The van der Waals surface area contributed by atoms with Crippen LogP contribution in [0.25, 0.3) is 0 Å². The zero-order valence-corrected chi connectivity index (χ0v) is 40.6. The molecule has 9 N–H and O–H groups in total. The number of aliphatic hydroxyl groups is 1. The highest BCUT2D eigenvalue weighted by atomic mass is 32.1. The van der Waals surface area contributed by atoms with Crippen LogP contribution in [-0.4, -0.2) is 139 Å². The van der Waals surface area contributed by atoms with Gasteiger partial charge in [-0.05, 0) is 56.9 Å². The van der Waals surface area contributed by atoms with E-state index >= 15 is 0 Å². The summed E-state index contributed by atoms with van der Waals surface area (Å²) in [5.41, 5.74) is 7.06. The fourth-order valence-corrected chi connectivity index (χ4v) is 8.72. The number of unbranched alkanes of at least 4 members (excludes halogenated alkanes) is 2. The molecule has 25 heteroatoms. The lowest BCUT2D eigenvalue weighted by molar-refractivity contribution is -0.139. The molecule has 3 aromatic rings. The standard InChI is InChI=1S/C43H64N11O12PS/c1-27(2)19-32(49-43(61)35-15-12-17-54(35)29(4)56)40(58)48-33(41(59)50-34(25-55)42(60)51-38(39(44)57)28(3)66-67(62,63)64)20-31-21-45-26-53(31)16-10-7-11-18-65-47-22-36-46-23-37(68-36)52(5)24-30-13-8-6-9-14-30/h6,8-9,13-14,21-23,26-28,32-35,38,55H,7,10-12,15-20,24-25H2,1-5H3,(H2,44,57)(H,48,58)(H,49,61)(H,50,59)(H,51,60)(H2,62,63,64)/b47-22+/t28-,32+,33+,34+,35+,38+/m1/s1. The first-order valence-electron chi connectivity index (χ1n) is 22.2. The molecule has 0 spiro atoms. The van der Waals surface area contributed by atoms with Gasteiger partial charge in [0.2, 0.25) is 35.4 Å². The maximum Gasteiger partial charge on any atom is 0.469 e. The van der Waals surface area contributed by atoms with Crippen molar-refractivity contribution < 1.29 is 57.6 Å². The Bertz CT molecular complexity index is 2220. The van der Waals surface area contributed by atoms with E-state index in [9.17, 15) is 48.2 Å². The van der Waals surface area contributed by atoms with Gasteiger partial charge in [0.05, 0.1) is 25.2 Å². The lowest BCUT2D eigenvalue weighted by Crippen LogP contribution is -2.61. The summed E-state index contributed by atoms with van der Waals surface area (Å²) in [5, 5.41) is 25.9. The second kappa shape index (κ2) is 26.7. The lowest BCUT2D eigenvalue weighted by Gasteiger charge is -2.28. The lowest BCUT2D eigenvalue weighted by atomic mass is 10.0. The van der Waals surface area contributed by atoms with Gasteiger partial charge in [-0.15, -0.1) is 0 Å². The number of primary amides is 1. The summed E-state index contributed by atoms with van der Waals surface area (Å²) < 4.78 is 17.7.